The lowest BCUT2D eigenvalue weighted by Gasteiger charge is -2.19. The molecule has 0 saturated heterocycles. The van der Waals surface area contributed by atoms with E-state index in [0.29, 0.717) is 17.1 Å². The molecular formula is C21H28ClN3O4. The summed E-state index contributed by atoms with van der Waals surface area (Å²) < 4.78 is 5.23. The van der Waals surface area contributed by atoms with Gasteiger partial charge in [-0.25, -0.2) is 4.79 Å². The summed E-state index contributed by atoms with van der Waals surface area (Å²) in [5.41, 5.74) is 7.23. The fourth-order valence-electron chi connectivity index (χ4n) is 3.21. The lowest BCUT2D eigenvalue weighted by molar-refractivity contribution is -0.155. The minimum Gasteiger partial charge on any atom is -0.452 e. The number of halogens is 1. The molecule has 158 valence electrons. The van der Waals surface area contributed by atoms with E-state index in [9.17, 15) is 14.4 Å². The van der Waals surface area contributed by atoms with Gasteiger partial charge in [0.05, 0.1) is 12.5 Å². The number of carbonyl (C=O) groups excluding carboxylic acids is 3. The number of urea groups is 1. The summed E-state index contributed by atoms with van der Waals surface area (Å²) >= 11 is 5.87. The zero-order valence-electron chi connectivity index (χ0n) is 16.6. The molecule has 2 rings (SSSR count). The third kappa shape index (κ3) is 8.15. The molecule has 1 aliphatic rings. The monoisotopic (exact) mass is 421 g/mol. The third-order valence-corrected chi connectivity index (χ3v) is 5.02. The molecule has 0 aromatic heterocycles. The Labute approximate surface area is 176 Å². The Morgan fingerprint density at radius 2 is 1.93 bits per heavy atom. The highest BCUT2D eigenvalue weighted by Gasteiger charge is 2.22. The standard InChI is InChI=1S/C21H28ClN3O4/c1-14(20(27)24-12-11-15-5-3-2-4-6-15)29-19(26)13-18(25-21(23)28)16-7-9-17(22)10-8-16/h5,7-10,14,18H,2-4,6,11-13H2,1H3,(H,24,27)(H3,23,25,28)/t14-,18-/m1/s1. The Morgan fingerprint density at radius 3 is 2.55 bits per heavy atom. The van der Waals surface area contributed by atoms with Crippen molar-refractivity contribution in [2.45, 2.75) is 57.6 Å². The topological polar surface area (TPSA) is 111 Å². The van der Waals surface area contributed by atoms with E-state index in [0.717, 1.165) is 19.3 Å². The van der Waals surface area contributed by atoms with Crippen LogP contribution in [0.3, 0.4) is 0 Å². The van der Waals surface area contributed by atoms with Crippen LogP contribution >= 0.6 is 11.6 Å². The molecule has 0 fully saturated rings. The average molecular weight is 422 g/mol. The number of nitrogens with one attached hydrogen (secondary N) is 2. The molecule has 0 unspecified atom stereocenters. The molecule has 0 radical (unpaired) electrons. The lowest BCUT2D eigenvalue weighted by atomic mass is 9.97. The van der Waals surface area contributed by atoms with E-state index >= 15 is 0 Å². The van der Waals surface area contributed by atoms with Crippen molar-refractivity contribution in [3.8, 4) is 0 Å². The van der Waals surface area contributed by atoms with Crippen molar-refractivity contribution in [2.75, 3.05) is 6.54 Å². The molecule has 1 aromatic rings. The first-order valence-corrected chi connectivity index (χ1v) is 10.2. The number of allylic oxidation sites excluding steroid dienone is 1. The van der Waals surface area contributed by atoms with Gasteiger partial charge in [0.2, 0.25) is 0 Å². The van der Waals surface area contributed by atoms with Gasteiger partial charge in [-0.15, -0.1) is 0 Å². The molecule has 4 N–H and O–H groups in total. The zero-order chi connectivity index (χ0) is 21.2. The summed E-state index contributed by atoms with van der Waals surface area (Å²) in [7, 11) is 0. The second-order valence-electron chi connectivity index (χ2n) is 7.10. The van der Waals surface area contributed by atoms with Crippen molar-refractivity contribution in [1.82, 2.24) is 10.6 Å². The van der Waals surface area contributed by atoms with Gasteiger partial charge in [-0.1, -0.05) is 35.4 Å². The van der Waals surface area contributed by atoms with Gasteiger partial charge in [0.15, 0.2) is 6.10 Å². The summed E-state index contributed by atoms with van der Waals surface area (Å²) in [6, 6.07) is 5.23. The lowest BCUT2D eigenvalue weighted by Crippen LogP contribution is -2.38. The van der Waals surface area contributed by atoms with E-state index in [2.05, 4.69) is 16.7 Å². The predicted molar refractivity (Wildman–Crippen MR) is 111 cm³/mol. The Bertz CT molecular complexity index is 749. The fourth-order valence-corrected chi connectivity index (χ4v) is 3.33. The Kier molecular flexibility index (Phi) is 8.99. The number of benzene rings is 1. The van der Waals surface area contributed by atoms with E-state index in [4.69, 9.17) is 22.1 Å². The van der Waals surface area contributed by atoms with Crippen molar-refractivity contribution in [1.29, 1.82) is 0 Å². The maximum absolute atomic E-state index is 12.3. The molecule has 3 amide bonds. The van der Waals surface area contributed by atoms with Crippen molar-refractivity contribution in [3.05, 3.63) is 46.5 Å². The largest absolute Gasteiger partial charge is 0.452 e. The number of amides is 3. The molecule has 0 aliphatic heterocycles. The van der Waals surface area contributed by atoms with Gasteiger partial charge in [-0.05, 0) is 56.7 Å². The van der Waals surface area contributed by atoms with Crippen LogP contribution in [-0.4, -0.2) is 30.6 Å². The maximum Gasteiger partial charge on any atom is 0.312 e. The van der Waals surface area contributed by atoms with Gasteiger partial charge in [-0.2, -0.15) is 0 Å². The number of carbonyl (C=O) groups is 3. The number of ether oxygens (including phenoxy) is 1. The average Bonchev–Trinajstić information content (AvgIpc) is 2.68. The van der Waals surface area contributed by atoms with Gasteiger partial charge >= 0.3 is 12.0 Å². The number of nitrogens with two attached hydrogens (primary N) is 1. The van der Waals surface area contributed by atoms with Crippen LogP contribution in [0.1, 0.15) is 57.1 Å². The van der Waals surface area contributed by atoms with Crippen LogP contribution in [0.25, 0.3) is 0 Å². The van der Waals surface area contributed by atoms with Crippen LogP contribution in [0.15, 0.2) is 35.9 Å². The smallest absolute Gasteiger partial charge is 0.312 e. The van der Waals surface area contributed by atoms with Gasteiger partial charge in [0, 0.05) is 11.6 Å². The quantitative estimate of drug-likeness (QED) is 0.419. The number of hydrogen-bond donors (Lipinski definition) is 3. The summed E-state index contributed by atoms with van der Waals surface area (Å²) in [6.45, 7) is 2.04. The highest BCUT2D eigenvalue weighted by atomic mass is 35.5. The summed E-state index contributed by atoms with van der Waals surface area (Å²) in [5, 5.41) is 5.84. The molecule has 0 saturated carbocycles. The Balaban J connectivity index is 1.82. The van der Waals surface area contributed by atoms with Crippen LogP contribution < -0.4 is 16.4 Å². The van der Waals surface area contributed by atoms with E-state index in [1.807, 2.05) is 0 Å². The predicted octanol–water partition coefficient (Wildman–Crippen LogP) is 3.38. The molecule has 0 spiro atoms. The molecule has 7 nitrogen and oxygen atoms in total. The number of primary amides is 1. The van der Waals surface area contributed by atoms with Crippen molar-refractivity contribution in [2.24, 2.45) is 5.73 Å². The Hall–Kier alpha value is -2.54. The Morgan fingerprint density at radius 1 is 1.21 bits per heavy atom. The SMILES string of the molecule is C[C@@H](OC(=O)C[C@@H](NC(N)=O)c1ccc(Cl)cc1)C(=O)NCCC1=CCCCC1. The highest BCUT2D eigenvalue weighted by Crippen LogP contribution is 2.21. The first-order chi connectivity index (χ1) is 13.8. The van der Waals surface area contributed by atoms with E-state index in [1.165, 1.54) is 25.3 Å². The number of esters is 1. The van der Waals surface area contributed by atoms with Crippen molar-refractivity contribution < 1.29 is 19.1 Å². The minimum absolute atomic E-state index is 0.158. The van der Waals surface area contributed by atoms with Crippen LogP contribution in [-0.2, 0) is 14.3 Å². The molecule has 0 bridgehead atoms. The highest BCUT2D eigenvalue weighted by molar-refractivity contribution is 6.30. The molecule has 8 heteroatoms. The van der Waals surface area contributed by atoms with Gasteiger partial charge in [0.25, 0.3) is 5.91 Å². The van der Waals surface area contributed by atoms with Crippen LogP contribution in [0.4, 0.5) is 4.79 Å². The van der Waals surface area contributed by atoms with E-state index < -0.39 is 24.1 Å². The molecule has 0 heterocycles. The normalized spacial score (nSPS) is 15.6. The van der Waals surface area contributed by atoms with E-state index in [-0.39, 0.29) is 12.3 Å². The number of rotatable bonds is 9. The first-order valence-electron chi connectivity index (χ1n) is 9.81. The van der Waals surface area contributed by atoms with Crippen LogP contribution in [0.5, 0.6) is 0 Å². The maximum atomic E-state index is 12.3. The minimum atomic E-state index is -0.928. The fraction of sp³-hybridized carbons (Fsp3) is 0.476. The van der Waals surface area contributed by atoms with E-state index in [1.54, 1.807) is 24.3 Å². The molecule has 2 atom stereocenters. The first kappa shape index (κ1) is 22.7. The second kappa shape index (κ2) is 11.5. The third-order valence-electron chi connectivity index (χ3n) is 4.77. The van der Waals surface area contributed by atoms with Crippen LogP contribution in [0.2, 0.25) is 5.02 Å². The van der Waals surface area contributed by atoms with Crippen molar-refractivity contribution >= 4 is 29.5 Å². The second-order valence-corrected chi connectivity index (χ2v) is 7.53. The van der Waals surface area contributed by atoms with Gasteiger partial charge in [-0.3, -0.25) is 9.59 Å². The summed E-state index contributed by atoms with van der Waals surface area (Å²) in [4.78, 5) is 35.7. The van der Waals surface area contributed by atoms with Crippen molar-refractivity contribution in [3.63, 3.8) is 0 Å². The van der Waals surface area contributed by atoms with Crippen LogP contribution in [0, 0.1) is 0 Å². The van der Waals surface area contributed by atoms with Gasteiger partial charge < -0.3 is 21.1 Å². The summed E-state index contributed by atoms with van der Waals surface area (Å²) in [5.74, 6) is -0.961. The summed E-state index contributed by atoms with van der Waals surface area (Å²) in [6.07, 6.45) is 6.57. The molecule has 1 aromatic carbocycles. The zero-order valence-corrected chi connectivity index (χ0v) is 17.3. The van der Waals surface area contributed by atoms with Gasteiger partial charge in [0.1, 0.15) is 0 Å². The molecular weight excluding hydrogens is 394 g/mol. The number of hydrogen-bond acceptors (Lipinski definition) is 4. The molecule has 1 aliphatic carbocycles. The molecule has 29 heavy (non-hydrogen) atoms.